The summed E-state index contributed by atoms with van der Waals surface area (Å²) in [4.78, 5) is 28.6. The molecule has 0 saturated carbocycles. The average molecular weight is 473 g/mol. The van der Waals surface area contributed by atoms with E-state index in [0.29, 0.717) is 17.5 Å². The molecule has 2 aromatic carbocycles. The Bertz CT molecular complexity index is 1220. The van der Waals surface area contributed by atoms with Gasteiger partial charge in [0.05, 0.1) is 12.3 Å². The highest BCUT2D eigenvalue weighted by Gasteiger charge is 2.17. The summed E-state index contributed by atoms with van der Waals surface area (Å²) < 4.78 is 1.89. The molecule has 0 fully saturated rings. The highest BCUT2D eigenvalue weighted by molar-refractivity contribution is 7.99. The Labute approximate surface area is 201 Å². The van der Waals surface area contributed by atoms with Crippen LogP contribution in [0.1, 0.15) is 5.56 Å². The fraction of sp³-hybridized carbons (Fsp3) is 0.160. The first kappa shape index (κ1) is 23.2. The van der Waals surface area contributed by atoms with Crippen LogP contribution in [-0.2, 0) is 16.0 Å². The molecule has 0 unspecified atom stereocenters. The van der Waals surface area contributed by atoms with Gasteiger partial charge in [-0.2, -0.15) is 0 Å². The zero-order chi connectivity index (χ0) is 23.6. The fourth-order valence-corrected chi connectivity index (χ4v) is 4.05. The van der Waals surface area contributed by atoms with Crippen molar-refractivity contribution in [2.75, 3.05) is 18.8 Å². The van der Waals surface area contributed by atoms with Crippen molar-refractivity contribution in [1.29, 1.82) is 0 Å². The lowest BCUT2D eigenvalue weighted by Crippen LogP contribution is -2.38. The van der Waals surface area contributed by atoms with Crippen molar-refractivity contribution in [3.63, 3.8) is 0 Å². The maximum absolute atomic E-state index is 12.4. The number of thioether (sulfide) groups is 1. The van der Waals surface area contributed by atoms with Crippen LogP contribution >= 0.6 is 11.8 Å². The summed E-state index contributed by atoms with van der Waals surface area (Å²) in [7, 11) is 0. The molecule has 8 nitrogen and oxygen atoms in total. The number of carbonyl (C=O) groups excluding carboxylic acids is 2. The van der Waals surface area contributed by atoms with E-state index in [1.165, 1.54) is 11.8 Å². The lowest BCUT2D eigenvalue weighted by Gasteiger charge is -2.10. The number of hydrogen-bond donors (Lipinski definition) is 2. The molecule has 172 valence electrons. The Balaban J connectivity index is 1.32. The SMILES string of the molecule is O=C(CNC(=O)CSc1nnc(-c2cccnc2)n1-c1ccccc1)NCCc1ccccc1. The maximum Gasteiger partial charge on any atom is 0.239 e. The van der Waals surface area contributed by atoms with E-state index in [2.05, 4.69) is 25.8 Å². The third kappa shape index (κ3) is 6.29. The quantitative estimate of drug-likeness (QED) is 0.344. The monoisotopic (exact) mass is 472 g/mol. The molecule has 0 saturated heterocycles. The van der Waals surface area contributed by atoms with Gasteiger partial charge < -0.3 is 10.6 Å². The van der Waals surface area contributed by atoms with Crippen molar-refractivity contribution < 1.29 is 9.59 Å². The van der Waals surface area contributed by atoms with Crippen LogP contribution in [0, 0.1) is 0 Å². The number of rotatable bonds is 10. The summed E-state index contributed by atoms with van der Waals surface area (Å²) in [5.41, 5.74) is 2.85. The van der Waals surface area contributed by atoms with Crippen LogP contribution < -0.4 is 10.6 Å². The Morgan fingerprint density at radius 1 is 0.853 bits per heavy atom. The van der Waals surface area contributed by atoms with Gasteiger partial charge in [-0.15, -0.1) is 10.2 Å². The summed E-state index contributed by atoms with van der Waals surface area (Å²) >= 11 is 1.26. The number of pyridine rings is 1. The third-order valence-electron chi connectivity index (χ3n) is 4.92. The molecule has 0 aliphatic carbocycles. The van der Waals surface area contributed by atoms with Crippen molar-refractivity contribution in [2.24, 2.45) is 0 Å². The maximum atomic E-state index is 12.4. The van der Waals surface area contributed by atoms with Crippen molar-refractivity contribution in [3.8, 4) is 17.1 Å². The molecular formula is C25H24N6O2S. The summed E-state index contributed by atoms with van der Waals surface area (Å²) in [6, 6.07) is 23.4. The summed E-state index contributed by atoms with van der Waals surface area (Å²) in [6.45, 7) is 0.450. The zero-order valence-corrected chi connectivity index (χ0v) is 19.2. The first-order chi connectivity index (χ1) is 16.7. The highest BCUT2D eigenvalue weighted by atomic mass is 32.2. The average Bonchev–Trinajstić information content (AvgIpc) is 3.32. The van der Waals surface area contributed by atoms with Gasteiger partial charge in [-0.25, -0.2) is 0 Å². The largest absolute Gasteiger partial charge is 0.354 e. The molecular weight excluding hydrogens is 448 g/mol. The molecule has 0 spiro atoms. The molecule has 2 N–H and O–H groups in total. The molecule has 0 aliphatic heterocycles. The number of nitrogens with zero attached hydrogens (tertiary/aromatic N) is 4. The lowest BCUT2D eigenvalue weighted by molar-refractivity contribution is -0.124. The second-order valence-electron chi connectivity index (χ2n) is 7.37. The smallest absolute Gasteiger partial charge is 0.239 e. The molecule has 0 bridgehead atoms. The second-order valence-corrected chi connectivity index (χ2v) is 8.31. The molecule has 34 heavy (non-hydrogen) atoms. The first-order valence-corrected chi connectivity index (χ1v) is 11.8. The molecule has 0 radical (unpaired) electrons. The predicted molar refractivity (Wildman–Crippen MR) is 131 cm³/mol. The Morgan fingerprint density at radius 3 is 2.35 bits per heavy atom. The topological polar surface area (TPSA) is 102 Å². The number of amides is 2. The predicted octanol–water partition coefficient (Wildman–Crippen LogP) is 2.90. The number of para-hydroxylation sites is 1. The van der Waals surface area contributed by atoms with Crippen LogP contribution in [0.3, 0.4) is 0 Å². The summed E-state index contributed by atoms with van der Waals surface area (Å²) in [6.07, 6.45) is 4.16. The number of carbonyl (C=O) groups is 2. The lowest BCUT2D eigenvalue weighted by atomic mass is 10.1. The molecule has 2 heterocycles. The van der Waals surface area contributed by atoms with Gasteiger partial charge in [0.2, 0.25) is 11.8 Å². The zero-order valence-electron chi connectivity index (χ0n) is 18.4. The van der Waals surface area contributed by atoms with Crippen LogP contribution in [0.4, 0.5) is 0 Å². The second kappa shape index (κ2) is 11.8. The van der Waals surface area contributed by atoms with Gasteiger partial charge >= 0.3 is 0 Å². The van der Waals surface area contributed by atoms with E-state index in [1.54, 1.807) is 12.4 Å². The number of aromatic nitrogens is 4. The first-order valence-electron chi connectivity index (χ1n) is 10.8. The van der Waals surface area contributed by atoms with Gasteiger partial charge in [0.15, 0.2) is 11.0 Å². The highest BCUT2D eigenvalue weighted by Crippen LogP contribution is 2.27. The Kier molecular flexibility index (Phi) is 8.02. The van der Waals surface area contributed by atoms with Crippen LogP contribution in [0.5, 0.6) is 0 Å². The third-order valence-corrected chi connectivity index (χ3v) is 5.85. The minimum atomic E-state index is -0.256. The molecule has 9 heteroatoms. The molecule has 2 amide bonds. The van der Waals surface area contributed by atoms with E-state index in [0.717, 1.165) is 23.2 Å². The number of nitrogens with one attached hydrogen (secondary N) is 2. The van der Waals surface area contributed by atoms with Gasteiger partial charge in [-0.3, -0.25) is 19.1 Å². The van der Waals surface area contributed by atoms with Crippen LogP contribution in [-0.4, -0.2) is 50.4 Å². The number of hydrogen-bond acceptors (Lipinski definition) is 6. The van der Waals surface area contributed by atoms with E-state index in [4.69, 9.17) is 0 Å². The normalized spacial score (nSPS) is 10.6. The van der Waals surface area contributed by atoms with Crippen molar-refractivity contribution in [1.82, 2.24) is 30.4 Å². The molecule has 0 atom stereocenters. The summed E-state index contributed by atoms with van der Waals surface area (Å²) in [5.74, 6) is 0.268. The van der Waals surface area contributed by atoms with Crippen molar-refractivity contribution >= 4 is 23.6 Å². The van der Waals surface area contributed by atoms with Crippen molar-refractivity contribution in [2.45, 2.75) is 11.6 Å². The Hall–Kier alpha value is -3.98. The molecule has 2 aromatic heterocycles. The van der Waals surface area contributed by atoms with Crippen LogP contribution in [0.2, 0.25) is 0 Å². The van der Waals surface area contributed by atoms with Crippen molar-refractivity contribution in [3.05, 3.63) is 90.8 Å². The minimum Gasteiger partial charge on any atom is -0.354 e. The van der Waals surface area contributed by atoms with E-state index in [-0.39, 0.29) is 24.1 Å². The molecule has 0 aliphatic rings. The van der Waals surface area contributed by atoms with E-state index in [9.17, 15) is 9.59 Å². The fourth-order valence-electron chi connectivity index (χ4n) is 3.27. The van der Waals surface area contributed by atoms with Gasteiger partial charge in [-0.1, -0.05) is 60.3 Å². The van der Waals surface area contributed by atoms with E-state index < -0.39 is 0 Å². The van der Waals surface area contributed by atoms with Gasteiger partial charge in [0.1, 0.15) is 0 Å². The summed E-state index contributed by atoms with van der Waals surface area (Å²) in [5, 5.41) is 14.7. The van der Waals surface area contributed by atoms with Crippen LogP contribution in [0.25, 0.3) is 17.1 Å². The van der Waals surface area contributed by atoms with Gasteiger partial charge in [0.25, 0.3) is 0 Å². The molecule has 4 aromatic rings. The van der Waals surface area contributed by atoms with Crippen LogP contribution in [0.15, 0.2) is 90.3 Å². The van der Waals surface area contributed by atoms with E-state index in [1.807, 2.05) is 77.4 Å². The number of benzene rings is 2. The minimum absolute atomic E-state index is 0.0690. The van der Waals surface area contributed by atoms with Gasteiger partial charge in [0, 0.05) is 30.2 Å². The van der Waals surface area contributed by atoms with E-state index >= 15 is 0 Å². The Morgan fingerprint density at radius 2 is 1.62 bits per heavy atom. The molecule has 4 rings (SSSR count). The standard InChI is InChI=1S/C25H24N6O2S/c32-22(27-15-13-19-8-3-1-4-9-19)17-28-23(33)18-34-25-30-29-24(20-10-7-14-26-16-20)31(25)21-11-5-2-6-12-21/h1-12,14,16H,13,15,17-18H2,(H,27,32)(H,28,33). The van der Waals surface area contributed by atoms with Gasteiger partial charge in [-0.05, 0) is 36.2 Å².